The highest BCUT2D eigenvalue weighted by molar-refractivity contribution is 5.79. The molecule has 3 heterocycles. The fourth-order valence-electron chi connectivity index (χ4n) is 4.04. The lowest BCUT2D eigenvalue weighted by atomic mass is 9.97. The molecule has 0 radical (unpaired) electrons. The molecule has 2 fully saturated rings. The van der Waals surface area contributed by atoms with Crippen molar-refractivity contribution in [1.29, 1.82) is 0 Å². The monoisotopic (exact) mass is 346 g/mol. The minimum atomic E-state index is 0.288. The van der Waals surface area contributed by atoms with E-state index in [0.717, 1.165) is 50.5 Å². The van der Waals surface area contributed by atoms with Crippen molar-refractivity contribution >= 4 is 11.6 Å². The first-order valence-corrected chi connectivity index (χ1v) is 9.36. The van der Waals surface area contributed by atoms with Crippen LogP contribution in [0.2, 0.25) is 0 Å². The van der Waals surface area contributed by atoms with E-state index in [1.54, 1.807) is 13.3 Å². The number of likely N-dealkylation sites (tertiary alicyclic amines) is 1. The van der Waals surface area contributed by atoms with Gasteiger partial charge in [-0.3, -0.25) is 14.7 Å². The van der Waals surface area contributed by atoms with Crippen LogP contribution < -0.4 is 9.64 Å². The first-order valence-electron chi connectivity index (χ1n) is 9.36. The summed E-state index contributed by atoms with van der Waals surface area (Å²) >= 11 is 0. The van der Waals surface area contributed by atoms with E-state index in [-0.39, 0.29) is 5.91 Å². The van der Waals surface area contributed by atoms with Crippen molar-refractivity contribution in [3.8, 4) is 5.75 Å². The van der Waals surface area contributed by atoms with Gasteiger partial charge in [-0.2, -0.15) is 0 Å². The normalized spacial score (nSPS) is 25.1. The number of piperazine rings is 1. The topological polar surface area (TPSA) is 48.9 Å². The van der Waals surface area contributed by atoms with Crippen molar-refractivity contribution < 1.29 is 9.53 Å². The summed E-state index contributed by atoms with van der Waals surface area (Å²) in [6, 6.07) is 2.77. The maximum absolute atomic E-state index is 12.8. The molecule has 0 aliphatic carbocycles. The molecule has 1 aromatic rings. The molecule has 6 heteroatoms. The standard InChI is InChI=1S/C19H30N4O2/c1-15-5-4-6-16(2)23(15)19(24)14-21-7-9-22(10-8-21)17-11-18(25-3)13-20-12-17/h11-13,15-16H,4-10,14H2,1-3H3. The van der Waals surface area contributed by atoms with E-state index >= 15 is 0 Å². The number of rotatable bonds is 4. The first-order chi connectivity index (χ1) is 12.1. The van der Waals surface area contributed by atoms with Gasteiger partial charge in [0.25, 0.3) is 0 Å². The molecule has 2 aliphatic heterocycles. The quantitative estimate of drug-likeness (QED) is 0.835. The molecule has 3 rings (SSSR count). The molecule has 2 saturated heterocycles. The molecule has 2 aliphatic rings. The second-order valence-electron chi connectivity index (χ2n) is 7.28. The Balaban J connectivity index is 1.53. The van der Waals surface area contributed by atoms with Crippen LogP contribution in [-0.2, 0) is 4.79 Å². The zero-order chi connectivity index (χ0) is 17.8. The van der Waals surface area contributed by atoms with E-state index in [1.165, 1.54) is 6.42 Å². The lowest BCUT2D eigenvalue weighted by molar-refractivity contribution is -0.138. The van der Waals surface area contributed by atoms with Crippen LogP contribution in [-0.4, -0.2) is 72.6 Å². The van der Waals surface area contributed by atoms with Gasteiger partial charge in [0, 0.05) is 44.3 Å². The summed E-state index contributed by atoms with van der Waals surface area (Å²) < 4.78 is 5.26. The molecule has 0 bridgehead atoms. The number of anilines is 1. The third kappa shape index (κ3) is 4.24. The molecule has 25 heavy (non-hydrogen) atoms. The number of aromatic nitrogens is 1. The molecule has 2 unspecified atom stereocenters. The fourth-order valence-corrected chi connectivity index (χ4v) is 4.04. The van der Waals surface area contributed by atoms with E-state index < -0.39 is 0 Å². The summed E-state index contributed by atoms with van der Waals surface area (Å²) in [7, 11) is 1.66. The number of nitrogens with zero attached hydrogens (tertiary/aromatic N) is 4. The summed E-state index contributed by atoms with van der Waals surface area (Å²) in [6.07, 6.45) is 7.10. The number of carbonyl (C=O) groups is 1. The number of ether oxygens (including phenoxy) is 1. The number of pyridine rings is 1. The van der Waals surface area contributed by atoms with Gasteiger partial charge in [-0.25, -0.2) is 0 Å². The molecule has 0 N–H and O–H groups in total. The van der Waals surface area contributed by atoms with Gasteiger partial charge in [0.05, 0.1) is 31.7 Å². The average molecular weight is 346 g/mol. The Bertz CT molecular complexity index is 577. The molecule has 0 saturated carbocycles. The van der Waals surface area contributed by atoms with Gasteiger partial charge in [-0.05, 0) is 33.1 Å². The second-order valence-corrected chi connectivity index (χ2v) is 7.28. The molecule has 0 spiro atoms. The molecular weight excluding hydrogens is 316 g/mol. The van der Waals surface area contributed by atoms with Crippen LogP contribution in [0.3, 0.4) is 0 Å². The van der Waals surface area contributed by atoms with Gasteiger partial charge >= 0.3 is 0 Å². The number of hydrogen-bond donors (Lipinski definition) is 0. The molecule has 138 valence electrons. The van der Waals surface area contributed by atoms with Crippen LogP contribution in [0.1, 0.15) is 33.1 Å². The Kier molecular flexibility index (Phi) is 5.78. The maximum atomic E-state index is 12.8. The van der Waals surface area contributed by atoms with Crippen molar-refractivity contribution in [3.63, 3.8) is 0 Å². The Hall–Kier alpha value is -1.82. The molecule has 0 aromatic carbocycles. The van der Waals surface area contributed by atoms with Crippen molar-refractivity contribution in [2.75, 3.05) is 44.7 Å². The summed E-state index contributed by atoms with van der Waals surface area (Å²) in [6.45, 7) is 8.53. The van der Waals surface area contributed by atoms with Gasteiger partial charge in [-0.1, -0.05) is 0 Å². The van der Waals surface area contributed by atoms with Gasteiger partial charge in [-0.15, -0.1) is 0 Å². The van der Waals surface area contributed by atoms with Crippen LogP contribution in [0, 0.1) is 0 Å². The third-order valence-electron chi connectivity index (χ3n) is 5.51. The Labute approximate surface area is 150 Å². The summed E-state index contributed by atoms with van der Waals surface area (Å²) in [4.78, 5) is 23.7. The lowest BCUT2D eigenvalue weighted by Crippen LogP contribution is -2.54. The molecule has 1 amide bonds. The summed E-state index contributed by atoms with van der Waals surface area (Å²) in [5, 5.41) is 0. The van der Waals surface area contributed by atoms with Crippen LogP contribution in [0.15, 0.2) is 18.5 Å². The molecule has 2 atom stereocenters. The highest BCUT2D eigenvalue weighted by Gasteiger charge is 2.30. The van der Waals surface area contributed by atoms with Gasteiger partial charge in [0.1, 0.15) is 5.75 Å². The largest absolute Gasteiger partial charge is 0.495 e. The summed E-state index contributed by atoms with van der Waals surface area (Å²) in [5.74, 6) is 1.07. The van der Waals surface area contributed by atoms with E-state index in [2.05, 4.69) is 33.5 Å². The van der Waals surface area contributed by atoms with Crippen molar-refractivity contribution in [2.24, 2.45) is 0 Å². The van der Waals surface area contributed by atoms with Crippen molar-refractivity contribution in [2.45, 2.75) is 45.2 Å². The van der Waals surface area contributed by atoms with Gasteiger partial charge in [0.15, 0.2) is 0 Å². The van der Waals surface area contributed by atoms with Crippen molar-refractivity contribution in [3.05, 3.63) is 18.5 Å². The van der Waals surface area contributed by atoms with E-state index in [9.17, 15) is 4.79 Å². The van der Waals surface area contributed by atoms with E-state index in [0.29, 0.717) is 18.6 Å². The first kappa shape index (κ1) is 18.0. The van der Waals surface area contributed by atoms with Crippen LogP contribution >= 0.6 is 0 Å². The predicted octanol–water partition coefficient (Wildman–Crippen LogP) is 2.00. The number of amides is 1. The summed E-state index contributed by atoms with van der Waals surface area (Å²) in [5.41, 5.74) is 1.09. The highest BCUT2D eigenvalue weighted by Crippen LogP contribution is 2.23. The highest BCUT2D eigenvalue weighted by atomic mass is 16.5. The van der Waals surface area contributed by atoms with Gasteiger partial charge in [0.2, 0.25) is 5.91 Å². The number of piperidine rings is 1. The zero-order valence-electron chi connectivity index (χ0n) is 15.6. The second kappa shape index (κ2) is 8.04. The number of methoxy groups -OCH3 is 1. The Morgan fingerprint density at radius 3 is 2.48 bits per heavy atom. The maximum Gasteiger partial charge on any atom is 0.237 e. The Morgan fingerprint density at radius 1 is 1.16 bits per heavy atom. The lowest BCUT2D eigenvalue weighted by Gasteiger charge is -2.41. The number of hydrogen-bond acceptors (Lipinski definition) is 5. The van der Waals surface area contributed by atoms with Crippen LogP contribution in [0.5, 0.6) is 5.75 Å². The average Bonchev–Trinajstić information content (AvgIpc) is 2.62. The van der Waals surface area contributed by atoms with E-state index in [4.69, 9.17) is 4.74 Å². The van der Waals surface area contributed by atoms with Gasteiger partial charge < -0.3 is 14.5 Å². The SMILES string of the molecule is COc1cncc(N2CCN(CC(=O)N3C(C)CCCC3C)CC2)c1. The third-order valence-corrected chi connectivity index (χ3v) is 5.51. The fraction of sp³-hybridized carbons (Fsp3) is 0.684. The van der Waals surface area contributed by atoms with E-state index in [1.807, 2.05) is 12.3 Å². The number of carbonyl (C=O) groups excluding carboxylic acids is 1. The zero-order valence-corrected chi connectivity index (χ0v) is 15.6. The Morgan fingerprint density at radius 2 is 1.84 bits per heavy atom. The van der Waals surface area contributed by atoms with Crippen LogP contribution in [0.25, 0.3) is 0 Å². The minimum Gasteiger partial charge on any atom is -0.495 e. The predicted molar refractivity (Wildman–Crippen MR) is 99.1 cm³/mol. The molecule has 1 aromatic heterocycles. The van der Waals surface area contributed by atoms with Crippen molar-refractivity contribution in [1.82, 2.24) is 14.8 Å². The molecular formula is C19H30N4O2. The molecule has 6 nitrogen and oxygen atoms in total. The smallest absolute Gasteiger partial charge is 0.237 e. The van der Waals surface area contributed by atoms with Crippen LogP contribution in [0.4, 0.5) is 5.69 Å². The minimum absolute atomic E-state index is 0.288.